The Kier molecular flexibility index (Phi) is 4.22. The predicted molar refractivity (Wildman–Crippen MR) is 81.2 cm³/mol. The SMILES string of the molecule is CCn1ncc(C(=O)N2CCCC[C@H]2c2nccn2CC)n1. The Balaban J connectivity index is 1.87. The fraction of sp³-hybridized carbons (Fsp3) is 0.600. The number of piperidine rings is 1. The molecule has 1 saturated heterocycles. The van der Waals surface area contributed by atoms with E-state index in [-0.39, 0.29) is 11.9 Å². The van der Waals surface area contributed by atoms with Crippen LogP contribution in [0.2, 0.25) is 0 Å². The molecule has 22 heavy (non-hydrogen) atoms. The molecule has 2 aromatic rings. The molecule has 3 heterocycles. The average Bonchev–Trinajstić information content (AvgIpc) is 3.22. The van der Waals surface area contributed by atoms with Gasteiger partial charge in [-0.3, -0.25) is 4.79 Å². The average molecular weight is 302 g/mol. The molecule has 1 aliphatic rings. The van der Waals surface area contributed by atoms with Crippen LogP contribution in [0.3, 0.4) is 0 Å². The van der Waals surface area contributed by atoms with Gasteiger partial charge in [0, 0.05) is 25.5 Å². The number of rotatable bonds is 4. The molecule has 2 aromatic heterocycles. The Morgan fingerprint density at radius 1 is 1.32 bits per heavy atom. The molecule has 0 spiro atoms. The summed E-state index contributed by atoms with van der Waals surface area (Å²) in [6.07, 6.45) is 8.43. The maximum Gasteiger partial charge on any atom is 0.276 e. The third kappa shape index (κ3) is 2.63. The maximum absolute atomic E-state index is 12.8. The van der Waals surface area contributed by atoms with Gasteiger partial charge in [-0.2, -0.15) is 9.90 Å². The van der Waals surface area contributed by atoms with Crippen molar-refractivity contribution in [3.8, 4) is 0 Å². The van der Waals surface area contributed by atoms with E-state index in [1.165, 1.54) is 0 Å². The molecule has 7 heteroatoms. The van der Waals surface area contributed by atoms with Gasteiger partial charge in [-0.1, -0.05) is 0 Å². The van der Waals surface area contributed by atoms with Crippen LogP contribution in [0.4, 0.5) is 0 Å². The summed E-state index contributed by atoms with van der Waals surface area (Å²) < 4.78 is 2.11. The van der Waals surface area contributed by atoms with Crippen LogP contribution in [0.15, 0.2) is 18.6 Å². The van der Waals surface area contributed by atoms with E-state index < -0.39 is 0 Å². The lowest BCUT2D eigenvalue weighted by Crippen LogP contribution is -2.40. The van der Waals surface area contributed by atoms with Crippen molar-refractivity contribution in [2.24, 2.45) is 0 Å². The van der Waals surface area contributed by atoms with E-state index in [2.05, 4.69) is 26.7 Å². The van der Waals surface area contributed by atoms with E-state index >= 15 is 0 Å². The van der Waals surface area contributed by atoms with E-state index in [1.807, 2.05) is 24.2 Å². The summed E-state index contributed by atoms with van der Waals surface area (Å²) >= 11 is 0. The van der Waals surface area contributed by atoms with Gasteiger partial charge in [0.25, 0.3) is 5.91 Å². The number of imidazole rings is 1. The first-order valence-electron chi connectivity index (χ1n) is 7.96. The lowest BCUT2D eigenvalue weighted by Gasteiger charge is -2.35. The van der Waals surface area contributed by atoms with Gasteiger partial charge in [0.1, 0.15) is 5.82 Å². The van der Waals surface area contributed by atoms with E-state index in [1.54, 1.807) is 11.0 Å². The minimum absolute atomic E-state index is 0.0305. The first-order valence-corrected chi connectivity index (χ1v) is 7.96. The summed E-state index contributed by atoms with van der Waals surface area (Å²) in [6, 6.07) is 0.0305. The minimum atomic E-state index is -0.0462. The fourth-order valence-corrected chi connectivity index (χ4v) is 3.02. The van der Waals surface area contributed by atoms with Crippen molar-refractivity contribution < 1.29 is 4.79 Å². The van der Waals surface area contributed by atoms with Crippen molar-refractivity contribution in [1.29, 1.82) is 0 Å². The number of aryl methyl sites for hydroxylation is 2. The van der Waals surface area contributed by atoms with E-state index in [9.17, 15) is 4.79 Å². The van der Waals surface area contributed by atoms with Crippen LogP contribution in [-0.2, 0) is 13.1 Å². The van der Waals surface area contributed by atoms with Crippen LogP contribution in [-0.4, -0.2) is 41.9 Å². The van der Waals surface area contributed by atoms with Crippen molar-refractivity contribution in [1.82, 2.24) is 29.4 Å². The van der Waals surface area contributed by atoms with E-state index in [4.69, 9.17) is 0 Å². The third-order valence-corrected chi connectivity index (χ3v) is 4.19. The van der Waals surface area contributed by atoms with Crippen LogP contribution in [0.1, 0.15) is 55.5 Å². The Morgan fingerprint density at radius 2 is 2.18 bits per heavy atom. The van der Waals surface area contributed by atoms with Gasteiger partial charge in [0.05, 0.1) is 18.8 Å². The zero-order valence-electron chi connectivity index (χ0n) is 13.1. The molecule has 0 unspecified atom stereocenters. The second-order valence-electron chi connectivity index (χ2n) is 5.50. The van der Waals surface area contributed by atoms with Crippen LogP contribution in [0.25, 0.3) is 0 Å². The molecule has 1 aliphatic heterocycles. The number of hydrogen-bond acceptors (Lipinski definition) is 4. The number of amides is 1. The highest BCUT2D eigenvalue weighted by Gasteiger charge is 2.32. The number of aromatic nitrogens is 5. The van der Waals surface area contributed by atoms with Crippen molar-refractivity contribution in [3.05, 3.63) is 30.1 Å². The molecule has 1 amide bonds. The number of likely N-dealkylation sites (tertiary alicyclic amines) is 1. The molecule has 1 fully saturated rings. The maximum atomic E-state index is 12.8. The molecular weight excluding hydrogens is 280 g/mol. The summed E-state index contributed by atoms with van der Waals surface area (Å²) in [6.45, 7) is 6.32. The standard InChI is InChI=1S/C15H22N6O/c1-3-19-10-8-16-14(19)13-7-5-6-9-20(13)15(22)12-11-17-21(4-2)18-12/h8,10-11,13H,3-7,9H2,1-2H3/t13-/m0/s1. The lowest BCUT2D eigenvalue weighted by atomic mass is 10.0. The quantitative estimate of drug-likeness (QED) is 0.864. The lowest BCUT2D eigenvalue weighted by molar-refractivity contribution is 0.0588. The van der Waals surface area contributed by atoms with Crippen molar-refractivity contribution >= 4 is 5.91 Å². The van der Waals surface area contributed by atoms with Crippen LogP contribution in [0.5, 0.6) is 0 Å². The van der Waals surface area contributed by atoms with Crippen molar-refractivity contribution in [2.75, 3.05) is 6.54 Å². The molecule has 7 nitrogen and oxygen atoms in total. The molecule has 118 valence electrons. The normalized spacial score (nSPS) is 18.6. The zero-order chi connectivity index (χ0) is 15.5. The summed E-state index contributed by atoms with van der Waals surface area (Å²) in [7, 11) is 0. The number of carbonyl (C=O) groups is 1. The van der Waals surface area contributed by atoms with Crippen molar-refractivity contribution in [2.45, 2.75) is 52.2 Å². The first-order chi connectivity index (χ1) is 10.7. The predicted octanol–water partition coefficient (Wildman–Crippen LogP) is 1.88. The Bertz CT molecular complexity index is 646. The van der Waals surface area contributed by atoms with Gasteiger partial charge in [-0.05, 0) is 33.1 Å². The summed E-state index contributed by atoms with van der Waals surface area (Å²) in [5.74, 6) is 0.925. The number of carbonyl (C=O) groups excluding carboxylic acids is 1. The summed E-state index contributed by atoms with van der Waals surface area (Å²) in [5.41, 5.74) is 0.420. The second-order valence-corrected chi connectivity index (χ2v) is 5.50. The number of hydrogen-bond donors (Lipinski definition) is 0. The molecule has 0 aliphatic carbocycles. The van der Waals surface area contributed by atoms with E-state index in [0.29, 0.717) is 12.2 Å². The monoisotopic (exact) mass is 302 g/mol. The molecule has 1 atom stereocenters. The van der Waals surface area contributed by atoms with Crippen LogP contribution in [0, 0.1) is 0 Å². The number of nitrogens with zero attached hydrogens (tertiary/aromatic N) is 6. The molecule has 3 rings (SSSR count). The van der Waals surface area contributed by atoms with Crippen LogP contribution >= 0.6 is 0 Å². The van der Waals surface area contributed by atoms with Gasteiger partial charge in [0.2, 0.25) is 0 Å². The second kappa shape index (κ2) is 6.29. The highest BCUT2D eigenvalue weighted by atomic mass is 16.2. The Labute approximate surface area is 129 Å². The summed E-state index contributed by atoms with van der Waals surface area (Å²) in [4.78, 5) is 20.7. The third-order valence-electron chi connectivity index (χ3n) is 4.19. The first kappa shape index (κ1) is 14.7. The van der Waals surface area contributed by atoms with Gasteiger partial charge >= 0.3 is 0 Å². The molecule has 0 bridgehead atoms. The molecule has 0 radical (unpaired) electrons. The smallest absolute Gasteiger partial charge is 0.276 e. The van der Waals surface area contributed by atoms with Gasteiger partial charge in [-0.15, -0.1) is 5.10 Å². The van der Waals surface area contributed by atoms with Gasteiger partial charge < -0.3 is 9.47 Å². The molecule has 0 saturated carbocycles. The Hall–Kier alpha value is -2.18. The van der Waals surface area contributed by atoms with E-state index in [0.717, 1.165) is 38.2 Å². The van der Waals surface area contributed by atoms with Crippen molar-refractivity contribution in [3.63, 3.8) is 0 Å². The molecule has 0 aromatic carbocycles. The minimum Gasteiger partial charge on any atom is -0.333 e. The van der Waals surface area contributed by atoms with Gasteiger partial charge in [0.15, 0.2) is 5.69 Å². The zero-order valence-corrected chi connectivity index (χ0v) is 13.1. The Morgan fingerprint density at radius 3 is 2.91 bits per heavy atom. The highest BCUT2D eigenvalue weighted by Crippen LogP contribution is 2.31. The van der Waals surface area contributed by atoms with Gasteiger partial charge in [-0.25, -0.2) is 4.98 Å². The summed E-state index contributed by atoms with van der Waals surface area (Å²) in [5, 5.41) is 8.36. The molecule has 0 N–H and O–H groups in total. The largest absolute Gasteiger partial charge is 0.333 e. The molecular formula is C15H22N6O. The van der Waals surface area contributed by atoms with Crippen LogP contribution < -0.4 is 0 Å². The fourth-order valence-electron chi connectivity index (χ4n) is 3.02. The highest BCUT2D eigenvalue weighted by molar-refractivity contribution is 5.92. The topological polar surface area (TPSA) is 68.8 Å².